The molecule has 1 aliphatic rings. The monoisotopic (exact) mass is 372 g/mol. The van der Waals surface area contributed by atoms with Crippen LogP contribution in [-0.4, -0.2) is 42.6 Å². The van der Waals surface area contributed by atoms with E-state index < -0.39 is 23.2 Å². The van der Waals surface area contributed by atoms with Crippen LogP contribution in [0.2, 0.25) is 0 Å². The smallest absolute Gasteiger partial charge is 0.344 e. The molecule has 2 aromatic carbocycles. The Balaban J connectivity index is 1.68. The van der Waals surface area contributed by atoms with Crippen molar-refractivity contribution in [2.24, 2.45) is 0 Å². The van der Waals surface area contributed by atoms with Crippen LogP contribution < -0.4 is 0 Å². The van der Waals surface area contributed by atoms with Crippen LogP contribution in [-0.2, 0) is 11.2 Å². The summed E-state index contributed by atoms with van der Waals surface area (Å²) in [5, 5.41) is 0. The third-order valence-corrected chi connectivity index (χ3v) is 4.49. The highest BCUT2D eigenvalue weighted by molar-refractivity contribution is 5.90. The molecule has 0 aliphatic carbocycles. The fourth-order valence-corrected chi connectivity index (χ4v) is 2.93. The number of hydrogen-bond acceptors (Lipinski definition) is 4. The summed E-state index contributed by atoms with van der Waals surface area (Å²) in [6.07, 6.45) is 4.65. The highest BCUT2D eigenvalue weighted by Gasteiger charge is 2.21. The first-order chi connectivity index (χ1) is 13.0. The van der Waals surface area contributed by atoms with E-state index in [-0.39, 0.29) is 6.61 Å². The summed E-state index contributed by atoms with van der Waals surface area (Å²) in [6, 6.07) is 9.78. The molecule has 0 aromatic heterocycles. The Hall–Kier alpha value is -2.89. The van der Waals surface area contributed by atoms with Crippen molar-refractivity contribution < 1.29 is 18.3 Å². The highest BCUT2D eigenvalue weighted by atomic mass is 19.1. The van der Waals surface area contributed by atoms with Crippen molar-refractivity contribution in [1.82, 2.24) is 9.80 Å². The maximum Gasteiger partial charge on any atom is 0.344 e. The summed E-state index contributed by atoms with van der Waals surface area (Å²) >= 11 is 0. The largest absolute Gasteiger partial charge is 0.460 e. The lowest BCUT2D eigenvalue weighted by atomic mass is 10.0. The van der Waals surface area contributed by atoms with Gasteiger partial charge in [-0.15, -0.1) is 0 Å². The van der Waals surface area contributed by atoms with Crippen LogP contribution in [0.5, 0.6) is 0 Å². The van der Waals surface area contributed by atoms with E-state index in [9.17, 15) is 13.6 Å². The molecule has 4 nitrogen and oxygen atoms in total. The van der Waals surface area contributed by atoms with E-state index in [1.165, 1.54) is 12.1 Å². The molecule has 0 radical (unpaired) electrons. The molecular formula is C21H22F2N2O2. The van der Waals surface area contributed by atoms with E-state index in [0.717, 1.165) is 12.0 Å². The average Bonchev–Trinajstić information content (AvgIpc) is 3.06. The zero-order chi connectivity index (χ0) is 19.4. The van der Waals surface area contributed by atoms with Crippen LogP contribution in [0.4, 0.5) is 8.78 Å². The molecule has 27 heavy (non-hydrogen) atoms. The summed E-state index contributed by atoms with van der Waals surface area (Å²) in [4.78, 5) is 16.0. The molecule has 0 atom stereocenters. The van der Waals surface area contributed by atoms with Gasteiger partial charge in [-0.25, -0.2) is 13.6 Å². The minimum absolute atomic E-state index is 0.0517. The van der Waals surface area contributed by atoms with E-state index in [0.29, 0.717) is 24.3 Å². The number of halogens is 2. The van der Waals surface area contributed by atoms with Crippen molar-refractivity contribution in [3.05, 3.63) is 71.6 Å². The molecule has 2 aromatic rings. The van der Waals surface area contributed by atoms with Gasteiger partial charge in [-0.05, 0) is 35.2 Å². The van der Waals surface area contributed by atoms with Gasteiger partial charge in [0, 0.05) is 19.4 Å². The number of benzene rings is 2. The third kappa shape index (κ3) is 4.45. The first-order valence-electron chi connectivity index (χ1n) is 8.86. The second-order valence-corrected chi connectivity index (χ2v) is 6.51. The number of ether oxygens (including phenoxy) is 1. The van der Waals surface area contributed by atoms with Crippen molar-refractivity contribution in [1.29, 1.82) is 0 Å². The number of nitrogens with zero attached hydrogens (tertiary/aromatic N) is 2. The zero-order valence-electron chi connectivity index (χ0n) is 15.4. The molecule has 0 saturated heterocycles. The quantitative estimate of drug-likeness (QED) is 0.717. The summed E-state index contributed by atoms with van der Waals surface area (Å²) in [6.45, 7) is 3.23. The Bertz CT molecular complexity index is 827. The van der Waals surface area contributed by atoms with Crippen LogP contribution >= 0.6 is 0 Å². The van der Waals surface area contributed by atoms with Gasteiger partial charge in [-0.3, -0.25) is 0 Å². The van der Waals surface area contributed by atoms with Crippen LogP contribution in [0.3, 0.4) is 0 Å². The summed E-state index contributed by atoms with van der Waals surface area (Å²) in [5.41, 5.74) is 1.56. The van der Waals surface area contributed by atoms with Gasteiger partial charge < -0.3 is 14.5 Å². The van der Waals surface area contributed by atoms with Gasteiger partial charge in [0.05, 0.1) is 13.2 Å². The lowest BCUT2D eigenvalue weighted by Crippen LogP contribution is -2.27. The lowest BCUT2D eigenvalue weighted by molar-refractivity contribution is 0.0465. The van der Waals surface area contributed by atoms with E-state index >= 15 is 0 Å². The SMILES string of the molecule is CCc1ccc(-c2cc(F)c(C(=O)OCCN3C=CN(C)C3)c(F)c2)cc1. The maximum absolute atomic E-state index is 14.4. The van der Waals surface area contributed by atoms with Crippen LogP contribution in [0, 0.1) is 11.6 Å². The minimum atomic E-state index is -0.991. The molecule has 0 bridgehead atoms. The van der Waals surface area contributed by atoms with Crippen LogP contribution in [0.15, 0.2) is 48.8 Å². The zero-order valence-corrected chi connectivity index (χ0v) is 15.4. The van der Waals surface area contributed by atoms with E-state index in [4.69, 9.17) is 4.74 Å². The fourth-order valence-electron chi connectivity index (χ4n) is 2.93. The second-order valence-electron chi connectivity index (χ2n) is 6.51. The molecule has 0 amide bonds. The Labute approximate surface area is 157 Å². The molecular weight excluding hydrogens is 350 g/mol. The van der Waals surface area contributed by atoms with Crippen molar-refractivity contribution in [2.75, 3.05) is 26.9 Å². The molecule has 1 aliphatic heterocycles. The first-order valence-corrected chi connectivity index (χ1v) is 8.86. The highest BCUT2D eigenvalue weighted by Crippen LogP contribution is 2.25. The number of rotatable bonds is 6. The van der Waals surface area contributed by atoms with E-state index in [1.807, 2.05) is 60.4 Å². The van der Waals surface area contributed by atoms with Gasteiger partial charge in [0.25, 0.3) is 0 Å². The van der Waals surface area contributed by atoms with Gasteiger partial charge in [-0.2, -0.15) is 0 Å². The average molecular weight is 372 g/mol. The molecule has 0 spiro atoms. The normalized spacial score (nSPS) is 13.3. The molecule has 1 heterocycles. The number of esters is 1. The van der Waals surface area contributed by atoms with Crippen molar-refractivity contribution >= 4 is 5.97 Å². The summed E-state index contributed by atoms with van der Waals surface area (Å²) in [7, 11) is 1.92. The van der Waals surface area contributed by atoms with Gasteiger partial charge in [0.15, 0.2) is 0 Å². The molecule has 0 saturated carbocycles. The lowest BCUT2D eigenvalue weighted by Gasteiger charge is -2.17. The second kappa shape index (κ2) is 8.20. The van der Waals surface area contributed by atoms with Gasteiger partial charge in [-0.1, -0.05) is 31.2 Å². The summed E-state index contributed by atoms with van der Waals surface area (Å²) in [5.74, 6) is -2.83. The number of aryl methyl sites for hydroxylation is 1. The Morgan fingerprint density at radius 3 is 2.30 bits per heavy atom. The van der Waals surface area contributed by atoms with E-state index in [1.54, 1.807) is 0 Å². The van der Waals surface area contributed by atoms with E-state index in [2.05, 4.69) is 0 Å². The molecule has 142 valence electrons. The Morgan fingerprint density at radius 2 is 1.74 bits per heavy atom. The predicted octanol–water partition coefficient (Wildman–Crippen LogP) is 4.03. The summed E-state index contributed by atoms with van der Waals surface area (Å²) < 4.78 is 33.9. The Kier molecular flexibility index (Phi) is 5.74. The standard InChI is InChI=1S/C21H22F2N2O2/c1-3-15-4-6-16(7-5-15)17-12-18(22)20(19(23)13-17)21(26)27-11-10-25-9-8-24(2)14-25/h4-9,12-13H,3,10-11,14H2,1-2H3. The van der Waals surface area contributed by atoms with Gasteiger partial charge >= 0.3 is 5.97 Å². The predicted molar refractivity (Wildman–Crippen MR) is 99.9 cm³/mol. The molecule has 0 unspecified atom stereocenters. The topological polar surface area (TPSA) is 32.8 Å². The number of carbonyl (C=O) groups excluding carboxylic acids is 1. The minimum Gasteiger partial charge on any atom is -0.460 e. The van der Waals surface area contributed by atoms with Crippen molar-refractivity contribution in [3.8, 4) is 11.1 Å². The Morgan fingerprint density at radius 1 is 1.07 bits per heavy atom. The fraction of sp³-hybridized carbons (Fsp3) is 0.286. The molecule has 0 fully saturated rings. The van der Waals surface area contributed by atoms with Crippen molar-refractivity contribution in [3.63, 3.8) is 0 Å². The number of hydrogen-bond donors (Lipinski definition) is 0. The van der Waals surface area contributed by atoms with Crippen molar-refractivity contribution in [2.45, 2.75) is 13.3 Å². The maximum atomic E-state index is 14.4. The molecule has 3 rings (SSSR count). The first kappa shape index (κ1) is 18.9. The molecule has 0 N–H and O–H groups in total. The van der Waals surface area contributed by atoms with Gasteiger partial charge in [0.1, 0.15) is 23.8 Å². The molecule has 6 heteroatoms. The van der Waals surface area contributed by atoms with Gasteiger partial charge in [0.2, 0.25) is 0 Å². The van der Waals surface area contributed by atoms with Crippen LogP contribution in [0.1, 0.15) is 22.8 Å². The van der Waals surface area contributed by atoms with Crippen LogP contribution in [0.25, 0.3) is 11.1 Å². The third-order valence-electron chi connectivity index (χ3n) is 4.49. The number of carbonyl (C=O) groups is 1.